The monoisotopic (exact) mass is 286 g/mol. The van der Waals surface area contributed by atoms with Gasteiger partial charge in [-0.2, -0.15) is 0 Å². The van der Waals surface area contributed by atoms with Crippen molar-refractivity contribution in [3.63, 3.8) is 0 Å². The maximum Gasteiger partial charge on any atom is 0.268 e. The average molecular weight is 286 g/mol. The van der Waals surface area contributed by atoms with Crippen LogP contribution in [-0.4, -0.2) is 38.0 Å². The number of hydrogen-bond acceptors (Lipinski definition) is 6. The minimum Gasteiger partial charge on any atom is -0.495 e. The molecule has 0 bridgehead atoms. The number of amides is 1. The molecule has 0 radical (unpaired) electrons. The molecule has 3 aromatic rings. The quantitative estimate of drug-likeness (QED) is 0.704. The molecule has 3 rings (SSSR count). The molecule has 106 valence electrons. The van der Waals surface area contributed by atoms with E-state index in [1.54, 1.807) is 24.4 Å². The summed E-state index contributed by atoms with van der Waals surface area (Å²) in [5.74, 6) is -0.164. The summed E-state index contributed by atoms with van der Waals surface area (Å²) >= 11 is 0. The van der Waals surface area contributed by atoms with Crippen LogP contribution in [0.3, 0.4) is 0 Å². The summed E-state index contributed by atoms with van der Waals surface area (Å²) < 4.78 is 6.56. The predicted molar refractivity (Wildman–Crippen MR) is 72.3 cm³/mol. The highest BCUT2D eigenvalue weighted by atomic mass is 16.5. The Morgan fingerprint density at radius 1 is 1.43 bits per heavy atom. The van der Waals surface area contributed by atoms with Crippen molar-refractivity contribution in [3.8, 4) is 5.75 Å². The van der Waals surface area contributed by atoms with Gasteiger partial charge in [-0.05, 0) is 22.6 Å². The van der Waals surface area contributed by atoms with Gasteiger partial charge in [0.1, 0.15) is 11.3 Å². The van der Waals surface area contributed by atoms with Crippen LogP contribution in [0, 0.1) is 0 Å². The lowest BCUT2D eigenvalue weighted by Crippen LogP contribution is -2.26. The summed E-state index contributed by atoms with van der Waals surface area (Å²) in [5, 5.41) is 15.0. The summed E-state index contributed by atoms with van der Waals surface area (Å²) in [6, 6.07) is 6.58. The van der Waals surface area contributed by atoms with Gasteiger partial charge in [-0.15, -0.1) is 0 Å². The number of tetrazole rings is 1. The molecule has 0 unspecified atom stereocenters. The lowest BCUT2D eigenvalue weighted by atomic mass is 10.2. The van der Waals surface area contributed by atoms with Crippen molar-refractivity contribution in [2.75, 3.05) is 12.4 Å². The molecule has 0 saturated heterocycles. The van der Waals surface area contributed by atoms with E-state index in [0.717, 1.165) is 0 Å². The molecule has 9 heteroatoms. The third kappa shape index (κ3) is 2.20. The number of rotatable bonds is 3. The molecule has 0 spiro atoms. The molecule has 0 saturated carbocycles. The molecule has 0 aliphatic carbocycles. The summed E-state index contributed by atoms with van der Waals surface area (Å²) in [5.41, 5.74) is 0.0335. The van der Waals surface area contributed by atoms with Crippen molar-refractivity contribution in [3.05, 3.63) is 46.4 Å². The number of aromatic amines is 1. The van der Waals surface area contributed by atoms with Crippen molar-refractivity contribution in [2.45, 2.75) is 0 Å². The molecule has 21 heavy (non-hydrogen) atoms. The smallest absolute Gasteiger partial charge is 0.268 e. The van der Waals surface area contributed by atoms with E-state index in [4.69, 9.17) is 4.74 Å². The van der Waals surface area contributed by atoms with E-state index in [-0.39, 0.29) is 11.5 Å². The Hall–Kier alpha value is -3.23. The fourth-order valence-electron chi connectivity index (χ4n) is 1.93. The lowest BCUT2D eigenvalue weighted by Gasteiger charge is -2.09. The first-order chi connectivity index (χ1) is 10.2. The van der Waals surface area contributed by atoms with Crippen LogP contribution in [-0.2, 0) is 0 Å². The van der Waals surface area contributed by atoms with E-state index < -0.39 is 11.5 Å². The van der Waals surface area contributed by atoms with E-state index in [1.807, 2.05) is 0 Å². The predicted octanol–water partition coefficient (Wildman–Crippen LogP) is 0.0735. The third-order valence-corrected chi connectivity index (χ3v) is 2.88. The van der Waals surface area contributed by atoms with Crippen LogP contribution in [0.1, 0.15) is 10.4 Å². The van der Waals surface area contributed by atoms with Gasteiger partial charge in [0.05, 0.1) is 12.6 Å². The highest BCUT2D eigenvalue weighted by Crippen LogP contribution is 2.18. The summed E-state index contributed by atoms with van der Waals surface area (Å²) in [7, 11) is 1.47. The number of nitrogens with one attached hydrogen (secondary N) is 2. The zero-order valence-corrected chi connectivity index (χ0v) is 10.9. The molecule has 9 nitrogen and oxygen atoms in total. The summed E-state index contributed by atoms with van der Waals surface area (Å²) in [6.07, 6.45) is 1.56. The number of hydrogen-bond donors (Lipinski definition) is 2. The Bertz CT molecular complexity index is 855. The first kappa shape index (κ1) is 12.8. The number of fused-ring (bicyclic) bond motifs is 1. The van der Waals surface area contributed by atoms with E-state index >= 15 is 0 Å². The van der Waals surface area contributed by atoms with Crippen LogP contribution in [0.15, 0.2) is 35.3 Å². The molecule has 3 heterocycles. The number of methoxy groups -OCH3 is 1. The van der Waals surface area contributed by atoms with Crippen LogP contribution in [0.5, 0.6) is 5.75 Å². The van der Waals surface area contributed by atoms with Gasteiger partial charge >= 0.3 is 0 Å². The van der Waals surface area contributed by atoms with E-state index in [1.165, 1.54) is 17.6 Å². The van der Waals surface area contributed by atoms with Gasteiger partial charge in [-0.25, -0.2) is 5.10 Å². The lowest BCUT2D eigenvalue weighted by molar-refractivity contribution is 0.102. The SMILES string of the molecule is COc1cc(C(=O)Nc2nnn[nH]2)c(=O)n2ccccc12. The number of aromatic nitrogens is 5. The second kappa shape index (κ2) is 5.04. The average Bonchev–Trinajstić information content (AvgIpc) is 3.01. The fraction of sp³-hybridized carbons (Fsp3) is 0.0833. The van der Waals surface area contributed by atoms with Gasteiger partial charge < -0.3 is 4.74 Å². The van der Waals surface area contributed by atoms with Gasteiger partial charge in [0.15, 0.2) is 0 Å². The summed E-state index contributed by atoms with van der Waals surface area (Å²) in [6.45, 7) is 0. The van der Waals surface area contributed by atoms with Gasteiger partial charge in [0.2, 0.25) is 5.95 Å². The van der Waals surface area contributed by atoms with Crippen molar-refractivity contribution in [2.24, 2.45) is 0 Å². The van der Waals surface area contributed by atoms with Crippen LogP contribution >= 0.6 is 0 Å². The Morgan fingerprint density at radius 3 is 3.00 bits per heavy atom. The Morgan fingerprint density at radius 2 is 2.29 bits per heavy atom. The van der Waals surface area contributed by atoms with Crippen LogP contribution in [0.2, 0.25) is 0 Å². The first-order valence-corrected chi connectivity index (χ1v) is 5.94. The molecule has 0 aliphatic rings. The van der Waals surface area contributed by atoms with Gasteiger partial charge in [0, 0.05) is 12.3 Å². The number of H-pyrrole nitrogens is 1. The Kier molecular flexibility index (Phi) is 3.07. The highest BCUT2D eigenvalue weighted by molar-refractivity contribution is 6.03. The number of carbonyl (C=O) groups is 1. The zero-order valence-electron chi connectivity index (χ0n) is 10.9. The Labute approximate surface area is 117 Å². The van der Waals surface area contributed by atoms with E-state index in [2.05, 4.69) is 25.9 Å². The number of ether oxygens (including phenoxy) is 1. The number of nitrogens with zero attached hydrogens (tertiary/aromatic N) is 4. The Balaban J connectivity index is 2.12. The molecular formula is C12H10N6O3. The number of carbonyl (C=O) groups excluding carboxylic acids is 1. The van der Waals surface area contributed by atoms with Crippen molar-refractivity contribution >= 4 is 17.4 Å². The maximum absolute atomic E-state index is 12.4. The molecule has 0 aliphatic heterocycles. The first-order valence-electron chi connectivity index (χ1n) is 5.94. The molecular weight excluding hydrogens is 276 g/mol. The van der Waals surface area contributed by atoms with Crippen molar-refractivity contribution in [1.82, 2.24) is 25.0 Å². The topological polar surface area (TPSA) is 114 Å². The second-order valence-electron chi connectivity index (χ2n) is 4.09. The van der Waals surface area contributed by atoms with E-state index in [9.17, 15) is 9.59 Å². The zero-order chi connectivity index (χ0) is 14.8. The highest BCUT2D eigenvalue weighted by Gasteiger charge is 2.17. The fourth-order valence-corrected chi connectivity index (χ4v) is 1.93. The van der Waals surface area contributed by atoms with Gasteiger partial charge in [-0.1, -0.05) is 11.2 Å². The molecule has 1 amide bonds. The van der Waals surface area contributed by atoms with Crippen LogP contribution < -0.4 is 15.6 Å². The molecule has 3 aromatic heterocycles. The van der Waals surface area contributed by atoms with Gasteiger partial charge in [0.25, 0.3) is 11.5 Å². The van der Waals surface area contributed by atoms with Gasteiger partial charge in [-0.3, -0.25) is 19.3 Å². The minimum atomic E-state index is -0.630. The van der Waals surface area contributed by atoms with Crippen LogP contribution in [0.25, 0.3) is 5.52 Å². The minimum absolute atomic E-state index is 0.0523. The molecule has 2 N–H and O–H groups in total. The maximum atomic E-state index is 12.4. The summed E-state index contributed by atoms with van der Waals surface area (Å²) in [4.78, 5) is 24.5. The largest absolute Gasteiger partial charge is 0.495 e. The van der Waals surface area contributed by atoms with E-state index in [0.29, 0.717) is 11.3 Å². The molecule has 0 aromatic carbocycles. The van der Waals surface area contributed by atoms with Crippen molar-refractivity contribution < 1.29 is 9.53 Å². The van der Waals surface area contributed by atoms with Crippen molar-refractivity contribution in [1.29, 1.82) is 0 Å². The third-order valence-electron chi connectivity index (χ3n) is 2.88. The molecule has 0 atom stereocenters. The number of anilines is 1. The second-order valence-corrected chi connectivity index (χ2v) is 4.09. The number of pyridine rings is 2. The normalized spacial score (nSPS) is 10.5. The van der Waals surface area contributed by atoms with Crippen LogP contribution in [0.4, 0.5) is 5.95 Å². The standard InChI is InChI=1S/C12H10N6O3/c1-21-9-6-7(10(19)13-12-14-16-17-15-12)11(20)18-5-3-2-4-8(9)18/h2-6H,1H3,(H2,13,14,15,16,17,19). The molecule has 0 fully saturated rings.